The number of nitrogens with zero attached hydrogens (tertiary/aromatic N) is 3. The van der Waals surface area contributed by atoms with E-state index >= 15 is 0 Å². The quantitative estimate of drug-likeness (QED) is 0.828. The molecule has 0 aromatic carbocycles. The van der Waals surface area contributed by atoms with Crippen molar-refractivity contribution in [3.05, 3.63) is 5.28 Å². The van der Waals surface area contributed by atoms with Crippen LogP contribution in [0.5, 0.6) is 6.01 Å². The fourth-order valence-electron chi connectivity index (χ4n) is 1.36. The SMILES string of the molecule is CCNc1nc(Cl)nc(OCCC2CC2)n1. The second kappa shape index (κ2) is 5.30. The van der Waals surface area contributed by atoms with Crippen molar-refractivity contribution in [2.45, 2.75) is 26.2 Å². The van der Waals surface area contributed by atoms with E-state index in [1.165, 1.54) is 12.8 Å². The average Bonchev–Trinajstić information content (AvgIpc) is 3.01. The van der Waals surface area contributed by atoms with Gasteiger partial charge in [-0.2, -0.15) is 15.0 Å². The first-order chi connectivity index (χ1) is 7.78. The van der Waals surface area contributed by atoms with Crippen molar-refractivity contribution in [2.75, 3.05) is 18.5 Å². The highest BCUT2D eigenvalue weighted by atomic mass is 35.5. The number of rotatable bonds is 6. The van der Waals surface area contributed by atoms with Crippen LogP contribution in [-0.2, 0) is 0 Å². The molecule has 1 fully saturated rings. The minimum Gasteiger partial charge on any atom is -0.463 e. The first-order valence-corrected chi connectivity index (χ1v) is 5.94. The van der Waals surface area contributed by atoms with E-state index in [0.29, 0.717) is 18.6 Å². The van der Waals surface area contributed by atoms with Gasteiger partial charge in [0.05, 0.1) is 6.61 Å². The lowest BCUT2D eigenvalue weighted by atomic mass is 10.3. The zero-order chi connectivity index (χ0) is 11.4. The highest BCUT2D eigenvalue weighted by molar-refractivity contribution is 6.28. The molecule has 0 amide bonds. The molecule has 1 heterocycles. The van der Waals surface area contributed by atoms with Crippen LogP contribution >= 0.6 is 11.6 Å². The zero-order valence-corrected chi connectivity index (χ0v) is 10.00. The number of nitrogens with one attached hydrogen (secondary N) is 1. The van der Waals surface area contributed by atoms with Gasteiger partial charge in [-0.3, -0.25) is 0 Å². The van der Waals surface area contributed by atoms with Crippen LogP contribution in [0.25, 0.3) is 0 Å². The number of anilines is 1. The van der Waals surface area contributed by atoms with Crippen molar-refractivity contribution in [2.24, 2.45) is 5.92 Å². The highest BCUT2D eigenvalue weighted by Gasteiger charge is 2.21. The van der Waals surface area contributed by atoms with Crippen LogP contribution in [0.15, 0.2) is 0 Å². The second-order valence-electron chi connectivity index (χ2n) is 3.82. The molecule has 0 unspecified atom stereocenters. The van der Waals surface area contributed by atoms with E-state index in [4.69, 9.17) is 16.3 Å². The Kier molecular flexibility index (Phi) is 3.77. The van der Waals surface area contributed by atoms with Crippen LogP contribution in [0, 0.1) is 5.92 Å². The number of hydrogen-bond donors (Lipinski definition) is 1. The third kappa shape index (κ3) is 3.48. The Labute approximate surface area is 99.6 Å². The van der Waals surface area contributed by atoms with Gasteiger partial charge in [0.2, 0.25) is 11.2 Å². The van der Waals surface area contributed by atoms with Crippen molar-refractivity contribution in [1.82, 2.24) is 15.0 Å². The molecule has 2 rings (SSSR count). The van der Waals surface area contributed by atoms with E-state index in [9.17, 15) is 0 Å². The van der Waals surface area contributed by atoms with Gasteiger partial charge in [-0.25, -0.2) is 0 Å². The highest BCUT2D eigenvalue weighted by Crippen LogP contribution is 2.32. The molecule has 0 radical (unpaired) electrons. The van der Waals surface area contributed by atoms with Crippen molar-refractivity contribution in [3.8, 4) is 6.01 Å². The minimum atomic E-state index is 0.160. The summed E-state index contributed by atoms with van der Waals surface area (Å²) in [5.74, 6) is 1.30. The van der Waals surface area contributed by atoms with Gasteiger partial charge in [0.1, 0.15) is 0 Å². The molecule has 1 aromatic heterocycles. The van der Waals surface area contributed by atoms with Crippen molar-refractivity contribution in [3.63, 3.8) is 0 Å². The number of halogens is 1. The largest absolute Gasteiger partial charge is 0.463 e. The van der Waals surface area contributed by atoms with Gasteiger partial charge in [-0.15, -0.1) is 0 Å². The van der Waals surface area contributed by atoms with E-state index in [2.05, 4.69) is 20.3 Å². The van der Waals surface area contributed by atoms with Gasteiger partial charge < -0.3 is 10.1 Å². The maximum Gasteiger partial charge on any atom is 0.322 e. The molecule has 5 nitrogen and oxygen atoms in total. The van der Waals surface area contributed by atoms with Crippen LogP contribution in [0.3, 0.4) is 0 Å². The van der Waals surface area contributed by atoms with Crippen LogP contribution in [0.1, 0.15) is 26.2 Å². The predicted molar refractivity (Wildman–Crippen MR) is 61.8 cm³/mol. The lowest BCUT2D eigenvalue weighted by Crippen LogP contribution is -2.07. The van der Waals surface area contributed by atoms with E-state index in [-0.39, 0.29) is 5.28 Å². The zero-order valence-electron chi connectivity index (χ0n) is 9.24. The number of hydrogen-bond acceptors (Lipinski definition) is 5. The van der Waals surface area contributed by atoms with Gasteiger partial charge in [0.15, 0.2) is 0 Å². The summed E-state index contributed by atoms with van der Waals surface area (Å²) >= 11 is 5.76. The fourth-order valence-corrected chi connectivity index (χ4v) is 1.51. The van der Waals surface area contributed by atoms with E-state index < -0.39 is 0 Å². The normalized spacial score (nSPS) is 14.9. The maximum absolute atomic E-state index is 5.76. The molecule has 1 aromatic rings. The molecule has 0 saturated heterocycles. The summed E-state index contributed by atoms with van der Waals surface area (Å²) in [5.41, 5.74) is 0. The Bertz CT molecular complexity index is 357. The summed E-state index contributed by atoms with van der Waals surface area (Å²) in [7, 11) is 0. The Balaban J connectivity index is 1.90. The van der Waals surface area contributed by atoms with Crippen LogP contribution in [0.2, 0.25) is 5.28 Å². The number of aromatic nitrogens is 3. The summed E-state index contributed by atoms with van der Waals surface area (Å²) < 4.78 is 5.44. The molecule has 0 spiro atoms. The van der Waals surface area contributed by atoms with E-state index in [1.54, 1.807) is 0 Å². The first-order valence-electron chi connectivity index (χ1n) is 5.56. The smallest absolute Gasteiger partial charge is 0.322 e. The van der Waals surface area contributed by atoms with Gasteiger partial charge in [-0.1, -0.05) is 12.8 Å². The first kappa shape index (κ1) is 11.4. The third-order valence-corrected chi connectivity index (χ3v) is 2.55. The molecule has 0 bridgehead atoms. The molecule has 88 valence electrons. The molecule has 16 heavy (non-hydrogen) atoms. The third-order valence-electron chi connectivity index (χ3n) is 2.38. The molecule has 6 heteroatoms. The standard InChI is InChI=1S/C10H15ClN4O/c1-2-12-9-13-8(11)14-10(15-9)16-6-5-7-3-4-7/h7H,2-6H2,1H3,(H,12,13,14,15). The van der Waals surface area contributed by atoms with Crippen molar-refractivity contribution >= 4 is 17.5 Å². The number of ether oxygens (including phenoxy) is 1. The van der Waals surface area contributed by atoms with Crippen molar-refractivity contribution in [1.29, 1.82) is 0 Å². The molecule has 1 aliphatic rings. The minimum absolute atomic E-state index is 0.160. The lowest BCUT2D eigenvalue weighted by molar-refractivity contribution is 0.279. The van der Waals surface area contributed by atoms with Crippen molar-refractivity contribution < 1.29 is 4.74 Å². The van der Waals surface area contributed by atoms with E-state index in [0.717, 1.165) is 18.9 Å². The topological polar surface area (TPSA) is 59.9 Å². The summed E-state index contributed by atoms with van der Waals surface area (Å²) in [6.45, 7) is 3.35. The average molecular weight is 243 g/mol. The summed E-state index contributed by atoms with van der Waals surface area (Å²) in [4.78, 5) is 11.9. The Morgan fingerprint density at radius 1 is 1.38 bits per heavy atom. The monoisotopic (exact) mass is 242 g/mol. The lowest BCUT2D eigenvalue weighted by Gasteiger charge is -2.06. The molecule has 0 atom stereocenters. The Morgan fingerprint density at radius 2 is 2.19 bits per heavy atom. The van der Waals surface area contributed by atoms with Gasteiger partial charge in [-0.05, 0) is 30.9 Å². The predicted octanol–water partition coefficient (Wildman–Crippen LogP) is 2.14. The van der Waals surface area contributed by atoms with Gasteiger partial charge in [0, 0.05) is 6.54 Å². The van der Waals surface area contributed by atoms with Crippen LogP contribution < -0.4 is 10.1 Å². The fraction of sp³-hybridized carbons (Fsp3) is 0.700. The van der Waals surface area contributed by atoms with Crippen LogP contribution in [-0.4, -0.2) is 28.1 Å². The molecule has 0 aliphatic heterocycles. The molecular weight excluding hydrogens is 228 g/mol. The van der Waals surface area contributed by atoms with Gasteiger partial charge >= 0.3 is 6.01 Å². The van der Waals surface area contributed by atoms with Gasteiger partial charge in [0.25, 0.3) is 0 Å². The summed E-state index contributed by atoms with van der Waals surface area (Å²) in [5, 5.41) is 3.13. The molecule has 1 N–H and O–H groups in total. The molecule has 1 saturated carbocycles. The maximum atomic E-state index is 5.76. The summed E-state index contributed by atoms with van der Waals surface area (Å²) in [6, 6.07) is 0.302. The molecular formula is C10H15ClN4O. The summed E-state index contributed by atoms with van der Waals surface area (Å²) in [6.07, 6.45) is 3.72. The Morgan fingerprint density at radius 3 is 2.88 bits per heavy atom. The Hall–Kier alpha value is -1.10. The second-order valence-corrected chi connectivity index (χ2v) is 4.16. The molecule has 1 aliphatic carbocycles. The van der Waals surface area contributed by atoms with E-state index in [1.807, 2.05) is 6.92 Å². The van der Waals surface area contributed by atoms with Crippen LogP contribution in [0.4, 0.5) is 5.95 Å².